The van der Waals surface area contributed by atoms with Crippen LogP contribution in [0.3, 0.4) is 0 Å². The van der Waals surface area contributed by atoms with Gasteiger partial charge in [0.15, 0.2) is 5.78 Å². The zero-order valence-electron chi connectivity index (χ0n) is 17.8. The number of H-pyrrole nitrogens is 1. The lowest BCUT2D eigenvalue weighted by Gasteiger charge is -2.20. The smallest absolute Gasteiger partial charge is 0.258 e. The van der Waals surface area contributed by atoms with E-state index in [2.05, 4.69) is 16.0 Å². The molecule has 4 rings (SSSR count). The first-order valence-electron chi connectivity index (χ1n) is 11.0. The van der Waals surface area contributed by atoms with Crippen LogP contribution in [0.25, 0.3) is 10.9 Å². The summed E-state index contributed by atoms with van der Waals surface area (Å²) in [6.07, 6.45) is 4.80. The summed E-state index contributed by atoms with van der Waals surface area (Å²) in [6.45, 7) is 2.56. The highest BCUT2D eigenvalue weighted by atomic mass is 16.2. The zero-order chi connectivity index (χ0) is 21.8. The number of Topliss-reactive ketones (excluding diaryl/α,β-unsaturated/α-hetero) is 1. The van der Waals surface area contributed by atoms with Crippen molar-refractivity contribution in [2.24, 2.45) is 0 Å². The Morgan fingerprint density at radius 2 is 1.81 bits per heavy atom. The van der Waals surface area contributed by atoms with Crippen LogP contribution in [0.4, 0.5) is 0 Å². The minimum absolute atomic E-state index is 0.00462. The van der Waals surface area contributed by atoms with Gasteiger partial charge in [0.05, 0.1) is 17.4 Å². The van der Waals surface area contributed by atoms with Gasteiger partial charge in [-0.1, -0.05) is 24.3 Å². The molecular formula is C25H27N3O3. The van der Waals surface area contributed by atoms with Crippen molar-refractivity contribution in [3.05, 3.63) is 75.3 Å². The fourth-order valence-electron chi connectivity index (χ4n) is 4.20. The molecule has 0 saturated carbocycles. The van der Waals surface area contributed by atoms with E-state index in [0.717, 1.165) is 12.8 Å². The normalized spacial score (nSPS) is 13.1. The lowest BCUT2D eigenvalue weighted by atomic mass is 9.89. The number of rotatable bonds is 7. The number of nitrogens with zero attached hydrogens (tertiary/aromatic N) is 2. The van der Waals surface area contributed by atoms with Crippen LogP contribution >= 0.6 is 0 Å². The molecule has 0 atom stereocenters. The average Bonchev–Trinajstić information content (AvgIpc) is 2.80. The summed E-state index contributed by atoms with van der Waals surface area (Å²) in [7, 11) is 0. The van der Waals surface area contributed by atoms with Crippen molar-refractivity contribution in [2.75, 3.05) is 6.54 Å². The van der Waals surface area contributed by atoms with Crippen molar-refractivity contribution in [3.8, 4) is 0 Å². The molecule has 0 unspecified atom stereocenters. The summed E-state index contributed by atoms with van der Waals surface area (Å²) >= 11 is 0. The standard InChI is InChI=1S/C25H27N3O3/c1-2-28(16-23-26-21-10-6-5-9-20(21)25(31)27-23)24(30)14-13-22(29)19-12-11-17-7-3-4-8-18(17)15-19/h5-6,9-12,15H,2-4,7-8,13-14,16H2,1H3,(H,26,27,31). The Kier molecular flexibility index (Phi) is 6.26. The summed E-state index contributed by atoms with van der Waals surface area (Å²) in [5.41, 5.74) is 3.69. The summed E-state index contributed by atoms with van der Waals surface area (Å²) in [6, 6.07) is 13.1. The predicted octanol–water partition coefficient (Wildman–Crippen LogP) is 3.81. The number of aromatic amines is 1. The molecule has 0 fully saturated rings. The number of hydrogen-bond donors (Lipinski definition) is 1. The lowest BCUT2D eigenvalue weighted by Crippen LogP contribution is -2.32. The molecule has 6 heteroatoms. The van der Waals surface area contributed by atoms with E-state index in [0.29, 0.717) is 28.8 Å². The Bertz CT molecular complexity index is 1180. The molecule has 1 N–H and O–H groups in total. The second-order valence-electron chi connectivity index (χ2n) is 8.05. The molecule has 0 spiro atoms. The van der Waals surface area contributed by atoms with Crippen LogP contribution in [0.1, 0.15) is 59.9 Å². The Morgan fingerprint density at radius 3 is 2.61 bits per heavy atom. The monoisotopic (exact) mass is 417 g/mol. The molecule has 160 valence electrons. The minimum atomic E-state index is -0.216. The molecule has 1 aliphatic carbocycles. The first-order chi connectivity index (χ1) is 15.0. The molecule has 0 bridgehead atoms. The maximum absolute atomic E-state index is 12.7. The maximum atomic E-state index is 12.7. The molecule has 1 heterocycles. The van der Waals surface area contributed by atoms with Crippen LogP contribution in [0, 0.1) is 0 Å². The molecule has 0 saturated heterocycles. The molecule has 6 nitrogen and oxygen atoms in total. The molecule has 1 aliphatic rings. The van der Waals surface area contributed by atoms with Gasteiger partial charge in [-0.25, -0.2) is 4.98 Å². The average molecular weight is 418 g/mol. The highest BCUT2D eigenvalue weighted by Crippen LogP contribution is 2.23. The first kappa shape index (κ1) is 21.0. The van der Waals surface area contributed by atoms with E-state index in [9.17, 15) is 14.4 Å². The van der Waals surface area contributed by atoms with E-state index in [1.54, 1.807) is 23.1 Å². The van der Waals surface area contributed by atoms with Crippen LogP contribution in [0.15, 0.2) is 47.3 Å². The van der Waals surface area contributed by atoms with Gasteiger partial charge in [-0.15, -0.1) is 0 Å². The Labute approximate surface area is 181 Å². The van der Waals surface area contributed by atoms with Gasteiger partial charge in [-0.3, -0.25) is 14.4 Å². The van der Waals surface area contributed by atoms with Crippen molar-refractivity contribution in [3.63, 3.8) is 0 Å². The van der Waals surface area contributed by atoms with Crippen LogP contribution < -0.4 is 5.56 Å². The van der Waals surface area contributed by atoms with Crippen LogP contribution in [0.5, 0.6) is 0 Å². The van der Waals surface area contributed by atoms with Crippen molar-refractivity contribution in [1.82, 2.24) is 14.9 Å². The van der Waals surface area contributed by atoms with Crippen molar-refractivity contribution >= 4 is 22.6 Å². The van der Waals surface area contributed by atoms with Crippen molar-refractivity contribution in [1.29, 1.82) is 0 Å². The molecular weight excluding hydrogens is 390 g/mol. The Balaban J connectivity index is 1.40. The first-order valence-corrected chi connectivity index (χ1v) is 11.0. The number of amides is 1. The number of fused-ring (bicyclic) bond motifs is 2. The predicted molar refractivity (Wildman–Crippen MR) is 120 cm³/mol. The third kappa shape index (κ3) is 4.74. The van der Waals surface area contributed by atoms with E-state index in [1.807, 2.05) is 25.1 Å². The van der Waals surface area contributed by atoms with Crippen LogP contribution in [-0.2, 0) is 24.2 Å². The summed E-state index contributed by atoms with van der Waals surface area (Å²) in [4.78, 5) is 46.5. The second kappa shape index (κ2) is 9.25. The van der Waals surface area contributed by atoms with Crippen LogP contribution in [-0.4, -0.2) is 33.1 Å². The number of benzene rings is 2. The molecule has 1 amide bonds. The van der Waals surface area contributed by atoms with Gasteiger partial charge < -0.3 is 9.88 Å². The van der Waals surface area contributed by atoms with Gasteiger partial charge in [-0.05, 0) is 61.9 Å². The number of aromatic nitrogens is 2. The minimum Gasteiger partial charge on any atom is -0.335 e. The molecule has 31 heavy (non-hydrogen) atoms. The van der Waals surface area contributed by atoms with E-state index in [1.165, 1.54) is 24.0 Å². The lowest BCUT2D eigenvalue weighted by molar-refractivity contribution is -0.131. The van der Waals surface area contributed by atoms with E-state index in [-0.39, 0.29) is 36.6 Å². The maximum Gasteiger partial charge on any atom is 0.258 e. The van der Waals surface area contributed by atoms with E-state index < -0.39 is 0 Å². The third-order valence-electron chi connectivity index (χ3n) is 5.97. The van der Waals surface area contributed by atoms with E-state index in [4.69, 9.17) is 0 Å². The molecule has 0 aliphatic heterocycles. The number of ketones is 1. The molecule has 3 aromatic rings. The van der Waals surface area contributed by atoms with Gasteiger partial charge >= 0.3 is 0 Å². The highest BCUT2D eigenvalue weighted by molar-refractivity contribution is 5.98. The third-order valence-corrected chi connectivity index (χ3v) is 5.97. The second-order valence-corrected chi connectivity index (χ2v) is 8.05. The number of para-hydroxylation sites is 1. The number of carbonyl (C=O) groups excluding carboxylic acids is 2. The summed E-state index contributed by atoms with van der Waals surface area (Å²) in [5.74, 6) is 0.319. The van der Waals surface area contributed by atoms with E-state index >= 15 is 0 Å². The Morgan fingerprint density at radius 1 is 1.03 bits per heavy atom. The Hall–Kier alpha value is -3.28. The van der Waals surface area contributed by atoms with Gasteiger partial charge in [0, 0.05) is 24.9 Å². The molecule has 1 aromatic heterocycles. The largest absolute Gasteiger partial charge is 0.335 e. The zero-order valence-corrected chi connectivity index (χ0v) is 17.8. The highest BCUT2D eigenvalue weighted by Gasteiger charge is 2.18. The SMILES string of the molecule is CCN(Cc1nc2ccccc2c(=O)[nH]1)C(=O)CCC(=O)c1ccc2c(c1)CCCC2. The molecule has 2 aromatic carbocycles. The van der Waals surface area contributed by atoms with Crippen molar-refractivity contribution < 1.29 is 9.59 Å². The van der Waals surface area contributed by atoms with Gasteiger partial charge in [0.2, 0.25) is 5.91 Å². The van der Waals surface area contributed by atoms with Crippen molar-refractivity contribution in [2.45, 2.75) is 52.0 Å². The van der Waals surface area contributed by atoms with Crippen LogP contribution in [0.2, 0.25) is 0 Å². The number of hydrogen-bond acceptors (Lipinski definition) is 4. The number of carbonyl (C=O) groups is 2. The van der Waals surface area contributed by atoms with Gasteiger partial charge in [0.25, 0.3) is 5.56 Å². The van der Waals surface area contributed by atoms with Gasteiger partial charge in [-0.2, -0.15) is 0 Å². The fourth-order valence-corrected chi connectivity index (χ4v) is 4.20. The topological polar surface area (TPSA) is 83.1 Å². The van der Waals surface area contributed by atoms with Gasteiger partial charge in [0.1, 0.15) is 5.82 Å². The number of nitrogens with one attached hydrogen (secondary N) is 1. The summed E-state index contributed by atoms with van der Waals surface area (Å²) < 4.78 is 0. The number of aryl methyl sites for hydroxylation is 2. The molecule has 0 radical (unpaired) electrons. The fraction of sp³-hybridized carbons (Fsp3) is 0.360. The summed E-state index contributed by atoms with van der Waals surface area (Å²) in [5, 5.41) is 0.524. The quantitative estimate of drug-likeness (QED) is 0.593.